The van der Waals surface area contributed by atoms with E-state index in [-0.39, 0.29) is 17.1 Å². The average molecular weight is 447 g/mol. The van der Waals surface area contributed by atoms with Gasteiger partial charge < -0.3 is 0 Å². The molecule has 32 heavy (non-hydrogen) atoms. The highest BCUT2D eigenvalue weighted by Crippen LogP contribution is 2.36. The Morgan fingerprint density at radius 3 is 1.94 bits per heavy atom. The SMILES string of the molecule is O=C1C(=Cc2cc3sc(C#Cc4ccccc4)cc3s2)C(=O)c2cc3ccccc3cc21. The van der Waals surface area contributed by atoms with Crippen molar-refractivity contribution >= 4 is 60.5 Å². The molecular formula is C28H14O2S2. The van der Waals surface area contributed by atoms with Gasteiger partial charge in [-0.05, 0) is 53.2 Å². The van der Waals surface area contributed by atoms with Crippen molar-refractivity contribution in [1.82, 2.24) is 0 Å². The predicted molar refractivity (Wildman–Crippen MR) is 133 cm³/mol. The summed E-state index contributed by atoms with van der Waals surface area (Å²) in [6, 6.07) is 25.5. The molecule has 0 saturated carbocycles. The number of hydrogen-bond donors (Lipinski definition) is 0. The molecule has 0 spiro atoms. The lowest BCUT2D eigenvalue weighted by Crippen LogP contribution is -1.99. The fourth-order valence-corrected chi connectivity index (χ4v) is 6.13. The molecule has 0 radical (unpaired) electrons. The molecular weight excluding hydrogens is 432 g/mol. The van der Waals surface area contributed by atoms with Gasteiger partial charge in [-0.25, -0.2) is 0 Å². The highest BCUT2D eigenvalue weighted by molar-refractivity contribution is 7.28. The Kier molecular flexibility index (Phi) is 4.39. The standard InChI is InChI=1S/C28H14O2S2/c29-27-22-12-18-8-4-5-9-19(18)13-23(22)28(30)24(27)14-21-16-26-25(32-21)15-20(31-26)11-10-17-6-2-1-3-7-17/h1-9,12-16H. The number of carbonyl (C=O) groups is 2. The van der Waals surface area contributed by atoms with Crippen LogP contribution in [0.25, 0.3) is 26.2 Å². The quantitative estimate of drug-likeness (QED) is 0.158. The number of ketones is 2. The summed E-state index contributed by atoms with van der Waals surface area (Å²) in [6.45, 7) is 0. The Balaban J connectivity index is 1.33. The molecule has 2 aromatic heterocycles. The maximum atomic E-state index is 13.0. The number of fused-ring (bicyclic) bond motifs is 3. The first kappa shape index (κ1) is 18.9. The van der Waals surface area contributed by atoms with Gasteiger partial charge in [0, 0.05) is 31.0 Å². The van der Waals surface area contributed by atoms with Crippen molar-refractivity contribution in [1.29, 1.82) is 0 Å². The lowest BCUT2D eigenvalue weighted by atomic mass is 10.0. The van der Waals surface area contributed by atoms with Crippen LogP contribution in [0.1, 0.15) is 36.0 Å². The van der Waals surface area contributed by atoms with E-state index in [1.165, 1.54) is 0 Å². The molecule has 0 fully saturated rings. The fourth-order valence-electron chi connectivity index (χ4n) is 3.93. The number of allylic oxidation sites excluding steroid dienone is 1. The minimum Gasteiger partial charge on any atom is -0.288 e. The van der Waals surface area contributed by atoms with Crippen LogP contribution in [0.4, 0.5) is 0 Å². The molecule has 5 aromatic rings. The van der Waals surface area contributed by atoms with Crippen molar-refractivity contribution in [2.24, 2.45) is 0 Å². The highest BCUT2D eigenvalue weighted by atomic mass is 32.1. The molecule has 0 aliphatic heterocycles. The second-order valence-electron chi connectivity index (χ2n) is 7.57. The minimum atomic E-state index is -0.193. The summed E-state index contributed by atoms with van der Waals surface area (Å²) in [5.74, 6) is 6.02. The number of Topliss-reactive ketones (excluding diaryl/α,β-unsaturated/α-hetero) is 2. The Morgan fingerprint density at radius 1 is 0.656 bits per heavy atom. The van der Waals surface area contributed by atoms with E-state index in [0.29, 0.717) is 11.1 Å². The summed E-state index contributed by atoms with van der Waals surface area (Å²) in [6.07, 6.45) is 1.74. The van der Waals surface area contributed by atoms with Crippen molar-refractivity contribution in [2.45, 2.75) is 0 Å². The minimum absolute atomic E-state index is 0.193. The maximum Gasteiger partial charge on any atom is 0.197 e. The van der Waals surface area contributed by atoms with Crippen LogP contribution in [-0.2, 0) is 0 Å². The van der Waals surface area contributed by atoms with Gasteiger partial charge in [-0.1, -0.05) is 54.3 Å². The second kappa shape index (κ2) is 7.42. The molecule has 1 aliphatic rings. The van der Waals surface area contributed by atoms with Crippen molar-refractivity contribution < 1.29 is 9.59 Å². The van der Waals surface area contributed by atoms with E-state index in [1.54, 1.807) is 28.7 Å². The third-order valence-corrected chi connectivity index (χ3v) is 7.64. The smallest absolute Gasteiger partial charge is 0.197 e. The van der Waals surface area contributed by atoms with Crippen LogP contribution < -0.4 is 0 Å². The van der Waals surface area contributed by atoms with Crippen molar-refractivity contribution in [3.63, 3.8) is 0 Å². The molecule has 1 aliphatic carbocycles. The lowest BCUT2D eigenvalue weighted by Gasteiger charge is -2.00. The summed E-state index contributed by atoms with van der Waals surface area (Å²) in [4.78, 5) is 27.9. The molecule has 0 unspecified atom stereocenters. The highest BCUT2D eigenvalue weighted by Gasteiger charge is 2.33. The van der Waals surface area contributed by atoms with Gasteiger partial charge in [0.1, 0.15) is 0 Å². The summed E-state index contributed by atoms with van der Waals surface area (Å²) in [5, 5.41) is 1.93. The molecule has 0 bridgehead atoms. The monoisotopic (exact) mass is 446 g/mol. The van der Waals surface area contributed by atoms with Crippen molar-refractivity contribution in [3.05, 3.63) is 111 Å². The zero-order chi connectivity index (χ0) is 21.7. The third kappa shape index (κ3) is 3.20. The summed E-state index contributed by atoms with van der Waals surface area (Å²) < 4.78 is 2.22. The number of rotatable bonds is 1. The van der Waals surface area contributed by atoms with Crippen molar-refractivity contribution in [3.8, 4) is 11.8 Å². The van der Waals surface area contributed by atoms with Crippen LogP contribution in [0.15, 0.2) is 84.4 Å². The second-order valence-corrected chi connectivity index (χ2v) is 9.76. The van der Waals surface area contributed by atoms with Gasteiger partial charge >= 0.3 is 0 Å². The molecule has 3 aromatic carbocycles. The predicted octanol–water partition coefficient (Wildman–Crippen LogP) is 6.98. The topological polar surface area (TPSA) is 34.1 Å². The molecule has 4 heteroatoms. The Hall–Kier alpha value is -3.78. The van der Waals surface area contributed by atoms with Gasteiger partial charge in [0.15, 0.2) is 11.6 Å². The molecule has 2 heterocycles. The van der Waals surface area contributed by atoms with E-state index < -0.39 is 0 Å². The lowest BCUT2D eigenvalue weighted by molar-refractivity contribution is 0.0990. The van der Waals surface area contributed by atoms with Crippen LogP contribution in [0.3, 0.4) is 0 Å². The zero-order valence-corrected chi connectivity index (χ0v) is 18.3. The Bertz CT molecular complexity index is 1570. The molecule has 6 rings (SSSR count). The average Bonchev–Trinajstić information content (AvgIpc) is 3.44. The fraction of sp³-hybridized carbons (Fsp3) is 0. The molecule has 0 amide bonds. The summed E-state index contributed by atoms with van der Waals surface area (Å²) in [5.41, 5.74) is 2.22. The van der Waals surface area contributed by atoms with Crippen LogP contribution in [0, 0.1) is 11.8 Å². The van der Waals surface area contributed by atoms with Gasteiger partial charge in [-0.15, -0.1) is 22.7 Å². The van der Waals surface area contributed by atoms with Gasteiger partial charge in [0.05, 0.1) is 10.5 Å². The van der Waals surface area contributed by atoms with E-state index >= 15 is 0 Å². The first-order chi connectivity index (χ1) is 15.7. The first-order valence-electron chi connectivity index (χ1n) is 10.1. The summed E-state index contributed by atoms with van der Waals surface area (Å²) in [7, 11) is 0. The van der Waals surface area contributed by atoms with Gasteiger partial charge in [0.25, 0.3) is 0 Å². The molecule has 0 atom stereocenters. The van der Waals surface area contributed by atoms with Crippen molar-refractivity contribution in [2.75, 3.05) is 0 Å². The molecule has 0 N–H and O–H groups in total. The normalized spacial score (nSPS) is 12.8. The van der Waals surface area contributed by atoms with Crippen LogP contribution in [0.5, 0.6) is 0 Å². The van der Waals surface area contributed by atoms with E-state index in [1.807, 2.05) is 72.8 Å². The van der Waals surface area contributed by atoms with Gasteiger partial charge in [0.2, 0.25) is 0 Å². The molecule has 150 valence electrons. The van der Waals surface area contributed by atoms with E-state index in [4.69, 9.17) is 0 Å². The number of carbonyl (C=O) groups excluding carboxylic acids is 2. The van der Waals surface area contributed by atoms with E-state index in [0.717, 1.165) is 35.5 Å². The largest absolute Gasteiger partial charge is 0.288 e. The van der Waals surface area contributed by atoms with Crippen LogP contribution >= 0.6 is 22.7 Å². The third-order valence-electron chi connectivity index (χ3n) is 5.48. The first-order valence-corrected chi connectivity index (χ1v) is 11.7. The van der Waals surface area contributed by atoms with E-state index in [2.05, 4.69) is 17.9 Å². The number of benzene rings is 3. The Morgan fingerprint density at radius 2 is 1.28 bits per heavy atom. The summed E-state index contributed by atoms with van der Waals surface area (Å²) >= 11 is 3.20. The van der Waals surface area contributed by atoms with Gasteiger partial charge in [-0.2, -0.15) is 0 Å². The number of hydrogen-bond acceptors (Lipinski definition) is 4. The van der Waals surface area contributed by atoms with Gasteiger partial charge in [-0.3, -0.25) is 9.59 Å². The number of thiophene rings is 2. The Labute approximate surface area is 192 Å². The zero-order valence-electron chi connectivity index (χ0n) is 16.7. The maximum absolute atomic E-state index is 13.0. The molecule has 0 saturated heterocycles. The van der Waals surface area contributed by atoms with Crippen LogP contribution in [0.2, 0.25) is 0 Å². The van der Waals surface area contributed by atoms with Crippen LogP contribution in [-0.4, -0.2) is 11.6 Å². The molecule has 2 nitrogen and oxygen atoms in total. The van der Waals surface area contributed by atoms with E-state index in [9.17, 15) is 9.59 Å².